The fourth-order valence-electron chi connectivity index (χ4n) is 2.51. The highest BCUT2D eigenvalue weighted by atomic mass is 16.1. The molecule has 0 heterocycles. The molecule has 0 aromatic heterocycles. The molecule has 0 amide bonds. The maximum Gasteiger partial charge on any atom is 0.194 e. The highest BCUT2D eigenvalue weighted by Gasteiger charge is 2.30. The van der Waals surface area contributed by atoms with Gasteiger partial charge in [-0.05, 0) is 30.2 Å². The van der Waals surface area contributed by atoms with Crippen LogP contribution in [0.4, 0.5) is 0 Å². The van der Waals surface area contributed by atoms with Gasteiger partial charge in [-0.1, -0.05) is 36.9 Å². The van der Waals surface area contributed by atoms with Gasteiger partial charge in [-0.3, -0.25) is 9.59 Å². The third-order valence-electron chi connectivity index (χ3n) is 3.51. The summed E-state index contributed by atoms with van der Waals surface area (Å²) < 4.78 is 0. The second-order valence-electron chi connectivity index (χ2n) is 4.66. The van der Waals surface area contributed by atoms with E-state index >= 15 is 0 Å². The van der Waals surface area contributed by atoms with Crippen molar-refractivity contribution in [3.8, 4) is 0 Å². The summed E-state index contributed by atoms with van der Waals surface area (Å²) in [4.78, 5) is 25.0. The maximum atomic E-state index is 12.6. The molecule has 0 saturated carbocycles. The van der Waals surface area contributed by atoms with Gasteiger partial charge in [0, 0.05) is 22.3 Å². The van der Waals surface area contributed by atoms with Gasteiger partial charge in [0.2, 0.25) is 0 Å². The molecule has 0 aliphatic heterocycles. The minimum atomic E-state index is -0.0797. The van der Waals surface area contributed by atoms with Crippen molar-refractivity contribution in [2.24, 2.45) is 0 Å². The van der Waals surface area contributed by atoms with Crippen molar-refractivity contribution >= 4 is 17.6 Å². The van der Waals surface area contributed by atoms with E-state index < -0.39 is 0 Å². The van der Waals surface area contributed by atoms with Crippen LogP contribution in [0.1, 0.15) is 43.0 Å². The lowest BCUT2D eigenvalue weighted by Crippen LogP contribution is -2.22. The van der Waals surface area contributed by atoms with Crippen molar-refractivity contribution in [3.63, 3.8) is 0 Å². The van der Waals surface area contributed by atoms with Gasteiger partial charge in [0.05, 0.1) is 0 Å². The number of hydrogen-bond donors (Lipinski definition) is 0. The first-order valence-corrected chi connectivity index (χ1v) is 6.09. The summed E-state index contributed by atoms with van der Waals surface area (Å²) in [6.45, 7) is 5.54. The zero-order valence-electron chi connectivity index (χ0n) is 10.6. The van der Waals surface area contributed by atoms with Crippen LogP contribution in [0.2, 0.25) is 0 Å². The molecule has 2 heteroatoms. The molecule has 0 atom stereocenters. The molecule has 0 fully saturated rings. The van der Waals surface area contributed by atoms with E-state index in [0.717, 1.165) is 11.1 Å². The van der Waals surface area contributed by atoms with Gasteiger partial charge >= 0.3 is 0 Å². The third-order valence-corrected chi connectivity index (χ3v) is 3.51. The monoisotopic (exact) mass is 248 g/mol. The largest absolute Gasteiger partial charge is 0.289 e. The molecule has 3 rings (SSSR count). The van der Waals surface area contributed by atoms with Crippen LogP contribution >= 0.6 is 0 Å². The number of carbonyl (C=O) groups is 2. The summed E-state index contributed by atoms with van der Waals surface area (Å²) in [6, 6.07) is 10.6. The number of rotatable bonds is 1. The summed E-state index contributed by atoms with van der Waals surface area (Å²) in [5.74, 6) is -0.157. The molecule has 2 nitrogen and oxygen atoms in total. The fraction of sp³-hybridized carbons (Fsp3) is 0.0588. The fourth-order valence-corrected chi connectivity index (χ4v) is 2.51. The quantitative estimate of drug-likeness (QED) is 0.661. The van der Waals surface area contributed by atoms with E-state index in [1.165, 1.54) is 0 Å². The molecule has 0 N–H and O–H groups in total. The number of benzene rings is 2. The first-order valence-electron chi connectivity index (χ1n) is 6.09. The Morgan fingerprint density at radius 2 is 1.74 bits per heavy atom. The average molecular weight is 248 g/mol. The van der Waals surface area contributed by atoms with Crippen molar-refractivity contribution < 1.29 is 9.59 Å². The van der Waals surface area contributed by atoms with Crippen molar-refractivity contribution in [3.05, 3.63) is 76.4 Å². The molecule has 0 unspecified atom stereocenters. The van der Waals surface area contributed by atoms with Crippen LogP contribution in [0.3, 0.4) is 0 Å². The van der Waals surface area contributed by atoms with Gasteiger partial charge in [-0.15, -0.1) is 0 Å². The van der Waals surface area contributed by atoms with Gasteiger partial charge < -0.3 is 0 Å². The molecular formula is C17H12O2. The van der Waals surface area contributed by atoms with E-state index in [4.69, 9.17) is 0 Å². The van der Waals surface area contributed by atoms with Gasteiger partial charge in [0.15, 0.2) is 11.6 Å². The Labute approximate surface area is 111 Å². The lowest BCUT2D eigenvalue weighted by molar-refractivity contribution is 0.0978. The molecular weight excluding hydrogens is 236 g/mol. The molecule has 0 bridgehead atoms. The Kier molecular flexibility index (Phi) is 2.46. The van der Waals surface area contributed by atoms with Gasteiger partial charge in [0.25, 0.3) is 0 Å². The molecule has 1 aliphatic rings. The van der Waals surface area contributed by atoms with E-state index in [0.29, 0.717) is 22.3 Å². The lowest BCUT2D eigenvalue weighted by Gasteiger charge is -2.19. The normalized spacial score (nSPS) is 12.9. The molecule has 2 aromatic rings. The number of ketones is 2. The molecule has 0 radical (unpaired) electrons. The predicted molar refractivity (Wildman–Crippen MR) is 74.6 cm³/mol. The topological polar surface area (TPSA) is 34.1 Å². The summed E-state index contributed by atoms with van der Waals surface area (Å²) in [5.41, 5.74) is 3.67. The molecule has 0 spiro atoms. The SMILES string of the molecule is C=Cc1ccc2c(c1)C(=O)c1c(C)cccc1C2=O. The Hall–Kier alpha value is -2.48. The predicted octanol–water partition coefficient (Wildman–Crippen LogP) is 3.41. The van der Waals surface area contributed by atoms with Crippen LogP contribution in [-0.4, -0.2) is 11.6 Å². The smallest absolute Gasteiger partial charge is 0.194 e. The Morgan fingerprint density at radius 1 is 0.947 bits per heavy atom. The molecule has 92 valence electrons. The summed E-state index contributed by atoms with van der Waals surface area (Å²) in [6.07, 6.45) is 1.67. The zero-order valence-corrected chi connectivity index (χ0v) is 10.6. The van der Waals surface area contributed by atoms with E-state index in [1.807, 2.05) is 19.1 Å². The van der Waals surface area contributed by atoms with Gasteiger partial charge in [-0.25, -0.2) is 0 Å². The van der Waals surface area contributed by atoms with Crippen LogP contribution in [0.5, 0.6) is 0 Å². The van der Waals surface area contributed by atoms with Crippen LogP contribution in [0, 0.1) is 6.92 Å². The van der Waals surface area contributed by atoms with Gasteiger partial charge in [-0.2, -0.15) is 0 Å². The standard InChI is InChI=1S/C17H12O2/c1-3-11-7-8-12-14(9-11)17(19)15-10(2)5-4-6-13(15)16(12)18/h3-9H,1H2,2H3. The lowest BCUT2D eigenvalue weighted by atomic mass is 9.81. The Morgan fingerprint density at radius 3 is 2.47 bits per heavy atom. The number of fused-ring (bicyclic) bond motifs is 2. The van der Waals surface area contributed by atoms with Gasteiger partial charge in [0.1, 0.15) is 0 Å². The number of carbonyl (C=O) groups excluding carboxylic acids is 2. The minimum Gasteiger partial charge on any atom is -0.289 e. The maximum absolute atomic E-state index is 12.6. The van der Waals surface area contributed by atoms with E-state index in [-0.39, 0.29) is 11.6 Å². The van der Waals surface area contributed by atoms with Crippen molar-refractivity contribution in [2.45, 2.75) is 6.92 Å². The average Bonchev–Trinajstić information content (AvgIpc) is 2.44. The number of hydrogen-bond acceptors (Lipinski definition) is 2. The molecule has 0 saturated heterocycles. The first-order chi connectivity index (χ1) is 9.13. The molecule has 1 aliphatic carbocycles. The second kappa shape index (κ2) is 4.02. The van der Waals surface area contributed by atoms with Crippen molar-refractivity contribution in [1.29, 1.82) is 0 Å². The molecule has 19 heavy (non-hydrogen) atoms. The van der Waals surface area contributed by atoms with Crippen LogP contribution in [-0.2, 0) is 0 Å². The highest BCUT2D eigenvalue weighted by Crippen LogP contribution is 2.29. The zero-order chi connectivity index (χ0) is 13.6. The summed E-state index contributed by atoms with van der Waals surface area (Å²) in [5, 5.41) is 0. The Balaban J connectivity index is 2.33. The third kappa shape index (κ3) is 1.57. The van der Waals surface area contributed by atoms with Crippen LogP contribution in [0.25, 0.3) is 6.08 Å². The summed E-state index contributed by atoms with van der Waals surface area (Å²) in [7, 11) is 0. The second-order valence-corrected chi connectivity index (χ2v) is 4.66. The van der Waals surface area contributed by atoms with E-state index in [2.05, 4.69) is 6.58 Å². The van der Waals surface area contributed by atoms with Crippen LogP contribution in [0.15, 0.2) is 43.0 Å². The van der Waals surface area contributed by atoms with Crippen molar-refractivity contribution in [1.82, 2.24) is 0 Å². The number of aryl methyl sites for hydroxylation is 1. The minimum absolute atomic E-state index is 0.0774. The van der Waals surface area contributed by atoms with Crippen molar-refractivity contribution in [2.75, 3.05) is 0 Å². The Bertz CT molecular complexity index is 739. The first kappa shape index (κ1) is 11.6. The van der Waals surface area contributed by atoms with E-state index in [9.17, 15) is 9.59 Å². The van der Waals surface area contributed by atoms with Crippen LogP contribution < -0.4 is 0 Å². The van der Waals surface area contributed by atoms with E-state index in [1.54, 1.807) is 30.3 Å². The summed E-state index contributed by atoms with van der Waals surface area (Å²) >= 11 is 0. The highest BCUT2D eigenvalue weighted by molar-refractivity contribution is 6.29. The molecule has 2 aromatic carbocycles.